The van der Waals surface area contributed by atoms with E-state index >= 15 is 0 Å². The normalized spacial score (nSPS) is 20.2. The van der Waals surface area contributed by atoms with Gasteiger partial charge in [0.2, 0.25) is 0 Å². The van der Waals surface area contributed by atoms with E-state index in [4.69, 9.17) is 34.8 Å². The van der Waals surface area contributed by atoms with Gasteiger partial charge < -0.3 is 4.90 Å². The summed E-state index contributed by atoms with van der Waals surface area (Å²) in [6.07, 6.45) is 0.835. The molecule has 0 spiro atoms. The molecule has 1 amide bonds. The van der Waals surface area contributed by atoms with Crippen LogP contribution >= 0.6 is 34.8 Å². The average molecular weight is 279 g/mol. The molecule has 0 saturated carbocycles. The van der Waals surface area contributed by atoms with Gasteiger partial charge in [-0.1, -0.05) is 23.2 Å². The molecule has 0 radical (unpaired) electrons. The molecule has 1 saturated heterocycles. The Labute approximate surface area is 109 Å². The Morgan fingerprint density at radius 1 is 1.25 bits per heavy atom. The molecule has 16 heavy (non-hydrogen) atoms. The van der Waals surface area contributed by atoms with Gasteiger partial charge in [-0.3, -0.25) is 4.79 Å². The molecular formula is C11H10Cl3NO. The number of halogens is 3. The molecule has 2 rings (SSSR count). The van der Waals surface area contributed by atoms with E-state index in [1.165, 1.54) is 0 Å². The van der Waals surface area contributed by atoms with E-state index < -0.39 is 0 Å². The van der Waals surface area contributed by atoms with Gasteiger partial charge in [-0.15, -0.1) is 11.6 Å². The lowest BCUT2D eigenvalue weighted by Crippen LogP contribution is -2.28. The summed E-state index contributed by atoms with van der Waals surface area (Å²) < 4.78 is 0. The maximum Gasteiger partial charge on any atom is 0.254 e. The van der Waals surface area contributed by atoms with Crippen LogP contribution in [0.1, 0.15) is 16.8 Å². The quantitative estimate of drug-likeness (QED) is 0.721. The van der Waals surface area contributed by atoms with E-state index in [0.29, 0.717) is 28.7 Å². The number of carbonyl (C=O) groups is 1. The molecule has 2 nitrogen and oxygen atoms in total. The molecule has 1 atom stereocenters. The number of rotatable bonds is 1. The van der Waals surface area contributed by atoms with Crippen LogP contribution in [-0.2, 0) is 0 Å². The largest absolute Gasteiger partial charge is 0.337 e. The predicted octanol–water partition coefficient (Wildman–Crippen LogP) is 3.45. The SMILES string of the molecule is O=C(c1cc(Cl)cc(Cl)c1)N1CCC(Cl)C1. The highest BCUT2D eigenvalue weighted by atomic mass is 35.5. The number of hydrogen-bond donors (Lipinski definition) is 0. The molecule has 0 aliphatic carbocycles. The van der Waals surface area contributed by atoms with Crippen molar-refractivity contribution >= 4 is 40.7 Å². The van der Waals surface area contributed by atoms with Gasteiger partial charge in [-0.25, -0.2) is 0 Å². The Kier molecular flexibility index (Phi) is 3.63. The molecule has 1 unspecified atom stereocenters. The molecule has 1 aliphatic rings. The molecule has 0 N–H and O–H groups in total. The van der Waals surface area contributed by atoms with E-state index in [1.54, 1.807) is 23.1 Å². The summed E-state index contributed by atoms with van der Waals surface area (Å²) in [6, 6.07) is 4.85. The second-order valence-corrected chi connectivity index (χ2v) is 5.29. The molecule has 0 bridgehead atoms. The minimum absolute atomic E-state index is 0.0543. The molecule has 1 aromatic carbocycles. The Bertz CT molecular complexity index is 401. The van der Waals surface area contributed by atoms with Gasteiger partial charge in [0.1, 0.15) is 0 Å². The molecule has 1 aromatic rings. The average Bonchev–Trinajstić information content (AvgIpc) is 2.62. The first-order chi connectivity index (χ1) is 7.56. The van der Waals surface area contributed by atoms with Gasteiger partial charge in [0.05, 0.1) is 5.38 Å². The fraction of sp³-hybridized carbons (Fsp3) is 0.364. The first-order valence-corrected chi connectivity index (χ1v) is 6.15. The van der Waals surface area contributed by atoms with Crippen molar-refractivity contribution in [2.75, 3.05) is 13.1 Å². The Hall–Kier alpha value is -0.440. The summed E-state index contributed by atoms with van der Waals surface area (Å²) in [6.45, 7) is 1.28. The van der Waals surface area contributed by atoms with Gasteiger partial charge in [-0.05, 0) is 24.6 Å². The summed E-state index contributed by atoms with van der Waals surface area (Å²) in [4.78, 5) is 13.8. The zero-order valence-electron chi connectivity index (χ0n) is 8.42. The topological polar surface area (TPSA) is 20.3 Å². The maximum atomic E-state index is 12.0. The van der Waals surface area contributed by atoms with Crippen molar-refractivity contribution in [3.05, 3.63) is 33.8 Å². The zero-order chi connectivity index (χ0) is 11.7. The summed E-state index contributed by atoms with van der Waals surface area (Å²) in [5, 5.41) is 0.994. The van der Waals surface area contributed by atoms with E-state index in [2.05, 4.69) is 0 Å². The Morgan fingerprint density at radius 2 is 1.88 bits per heavy atom. The summed E-state index contributed by atoms with van der Waals surface area (Å²) in [7, 11) is 0. The standard InChI is InChI=1S/C11H10Cl3NO/c12-8-1-2-15(6-8)11(16)7-3-9(13)5-10(14)4-7/h3-5,8H,1-2,6H2. The fourth-order valence-corrected chi connectivity index (χ4v) is 2.55. The van der Waals surface area contributed by atoms with Gasteiger partial charge in [-0.2, -0.15) is 0 Å². The monoisotopic (exact) mass is 277 g/mol. The first kappa shape index (κ1) is 12.0. The van der Waals surface area contributed by atoms with Crippen LogP contribution in [0, 0.1) is 0 Å². The number of amides is 1. The molecule has 86 valence electrons. The summed E-state index contributed by atoms with van der Waals surface area (Å²) >= 11 is 17.7. The van der Waals surface area contributed by atoms with Gasteiger partial charge in [0.25, 0.3) is 5.91 Å². The number of hydrogen-bond acceptors (Lipinski definition) is 1. The number of carbonyl (C=O) groups excluding carboxylic acids is 1. The highest BCUT2D eigenvalue weighted by molar-refractivity contribution is 6.35. The first-order valence-electron chi connectivity index (χ1n) is 4.95. The van der Waals surface area contributed by atoms with Crippen molar-refractivity contribution in [3.63, 3.8) is 0 Å². The van der Waals surface area contributed by atoms with Crippen LogP contribution in [-0.4, -0.2) is 29.3 Å². The second kappa shape index (κ2) is 4.82. The van der Waals surface area contributed by atoms with Crippen LogP contribution in [0.15, 0.2) is 18.2 Å². The minimum Gasteiger partial charge on any atom is -0.337 e. The van der Waals surface area contributed by atoms with E-state index in [9.17, 15) is 4.79 Å². The lowest BCUT2D eigenvalue weighted by Gasteiger charge is -2.15. The van der Waals surface area contributed by atoms with Crippen LogP contribution in [0.5, 0.6) is 0 Å². The van der Waals surface area contributed by atoms with Crippen molar-refractivity contribution in [3.8, 4) is 0 Å². The molecular weight excluding hydrogens is 268 g/mol. The van der Waals surface area contributed by atoms with Crippen LogP contribution in [0.3, 0.4) is 0 Å². The van der Waals surface area contributed by atoms with Crippen molar-refractivity contribution < 1.29 is 4.79 Å². The highest BCUT2D eigenvalue weighted by Crippen LogP contribution is 2.22. The number of alkyl halides is 1. The number of nitrogens with zero attached hydrogens (tertiary/aromatic N) is 1. The number of benzene rings is 1. The van der Waals surface area contributed by atoms with Gasteiger partial charge in [0.15, 0.2) is 0 Å². The van der Waals surface area contributed by atoms with Gasteiger partial charge in [0, 0.05) is 28.7 Å². The van der Waals surface area contributed by atoms with Crippen molar-refractivity contribution in [1.29, 1.82) is 0 Å². The Morgan fingerprint density at radius 3 is 2.38 bits per heavy atom. The fourth-order valence-electron chi connectivity index (χ4n) is 1.76. The van der Waals surface area contributed by atoms with Crippen LogP contribution in [0.4, 0.5) is 0 Å². The molecule has 0 aromatic heterocycles. The summed E-state index contributed by atoms with van der Waals surface area (Å²) in [5.41, 5.74) is 0.517. The van der Waals surface area contributed by atoms with Crippen LogP contribution in [0.25, 0.3) is 0 Å². The lowest BCUT2D eigenvalue weighted by molar-refractivity contribution is 0.0793. The van der Waals surface area contributed by atoms with Crippen LogP contribution in [0.2, 0.25) is 10.0 Å². The third kappa shape index (κ3) is 2.62. The molecule has 5 heteroatoms. The third-order valence-corrected chi connectivity index (χ3v) is 3.32. The number of likely N-dealkylation sites (tertiary alicyclic amines) is 1. The molecule has 1 heterocycles. The Balaban J connectivity index is 2.20. The molecule has 1 aliphatic heterocycles. The van der Waals surface area contributed by atoms with Crippen molar-refractivity contribution in [2.24, 2.45) is 0 Å². The van der Waals surface area contributed by atoms with E-state index in [0.717, 1.165) is 6.42 Å². The lowest BCUT2D eigenvalue weighted by atomic mass is 10.2. The third-order valence-electron chi connectivity index (χ3n) is 2.53. The minimum atomic E-state index is -0.0625. The van der Waals surface area contributed by atoms with Crippen molar-refractivity contribution in [2.45, 2.75) is 11.8 Å². The van der Waals surface area contributed by atoms with Gasteiger partial charge >= 0.3 is 0 Å². The smallest absolute Gasteiger partial charge is 0.254 e. The predicted molar refractivity (Wildman–Crippen MR) is 66.6 cm³/mol. The van der Waals surface area contributed by atoms with E-state index in [1.807, 2.05) is 0 Å². The van der Waals surface area contributed by atoms with Crippen molar-refractivity contribution in [1.82, 2.24) is 4.90 Å². The summed E-state index contributed by atoms with van der Waals surface area (Å²) in [5.74, 6) is -0.0625. The highest BCUT2D eigenvalue weighted by Gasteiger charge is 2.25. The zero-order valence-corrected chi connectivity index (χ0v) is 10.7. The van der Waals surface area contributed by atoms with Crippen LogP contribution < -0.4 is 0 Å². The van der Waals surface area contributed by atoms with E-state index in [-0.39, 0.29) is 11.3 Å². The second-order valence-electron chi connectivity index (χ2n) is 3.80. The molecule has 1 fully saturated rings. The maximum absolute atomic E-state index is 12.0.